The van der Waals surface area contributed by atoms with Crippen molar-refractivity contribution in [3.63, 3.8) is 0 Å². The van der Waals surface area contributed by atoms with Gasteiger partial charge in [-0.15, -0.1) is 0 Å². The van der Waals surface area contributed by atoms with Gasteiger partial charge in [0.15, 0.2) is 11.5 Å². The highest BCUT2D eigenvalue weighted by molar-refractivity contribution is 5.86. The number of hydrogen-bond donors (Lipinski definition) is 1. The number of fused-ring (bicyclic) bond motifs is 1. The molecule has 1 aliphatic heterocycles. The molecule has 0 saturated heterocycles. The number of hydrogen-bond acceptors (Lipinski definition) is 6. The largest absolute Gasteiger partial charge is 0.507 e. The van der Waals surface area contributed by atoms with Gasteiger partial charge in [0.25, 0.3) is 5.69 Å². The quantitative estimate of drug-likeness (QED) is 0.532. The summed E-state index contributed by atoms with van der Waals surface area (Å²) < 4.78 is 10.4. The molecule has 0 aliphatic carbocycles. The summed E-state index contributed by atoms with van der Waals surface area (Å²) in [5.41, 5.74) is 0.743. The molecule has 0 atom stereocenters. The molecule has 0 amide bonds. The third kappa shape index (κ3) is 2.62. The van der Waals surface area contributed by atoms with Gasteiger partial charge >= 0.3 is 0 Å². The normalized spacial score (nSPS) is 12.8. The van der Waals surface area contributed by atoms with E-state index in [1.807, 2.05) is 0 Å². The molecule has 106 valence electrons. The van der Waals surface area contributed by atoms with Crippen molar-refractivity contribution in [2.45, 2.75) is 0 Å². The number of non-ortho nitro benzene ring substituents is 1. The van der Waals surface area contributed by atoms with E-state index in [4.69, 9.17) is 9.47 Å². The van der Waals surface area contributed by atoms with Crippen LogP contribution in [0.25, 0.3) is 0 Å². The van der Waals surface area contributed by atoms with E-state index in [-0.39, 0.29) is 23.8 Å². The summed E-state index contributed by atoms with van der Waals surface area (Å²) in [4.78, 5) is 14.4. The molecular weight excluding hydrogens is 276 g/mol. The number of nitrogens with zero attached hydrogens (tertiary/aromatic N) is 2. The summed E-state index contributed by atoms with van der Waals surface area (Å²) in [7, 11) is 0. The molecule has 2 aromatic carbocycles. The van der Waals surface area contributed by atoms with Crippen molar-refractivity contribution < 1.29 is 19.5 Å². The third-order valence-electron chi connectivity index (χ3n) is 2.93. The fourth-order valence-corrected chi connectivity index (χ4v) is 1.87. The standard InChI is InChI=1S/C14H10N2O5/c17-12-3-2-11(16(18)19)5-9(12)7-15-10-1-4-13-14(6-10)21-8-20-13/h1-7,17H,8H2. The van der Waals surface area contributed by atoms with Crippen LogP contribution in [0, 0.1) is 10.1 Å². The fourth-order valence-electron chi connectivity index (χ4n) is 1.87. The second-order valence-corrected chi connectivity index (χ2v) is 4.30. The molecule has 0 bridgehead atoms. The average molecular weight is 286 g/mol. The van der Waals surface area contributed by atoms with E-state index >= 15 is 0 Å². The molecule has 0 aromatic heterocycles. The van der Waals surface area contributed by atoms with E-state index in [1.165, 1.54) is 24.4 Å². The first kappa shape index (κ1) is 12.9. The van der Waals surface area contributed by atoms with E-state index in [1.54, 1.807) is 18.2 Å². The van der Waals surface area contributed by atoms with Gasteiger partial charge in [-0.05, 0) is 18.2 Å². The van der Waals surface area contributed by atoms with E-state index < -0.39 is 4.92 Å². The number of rotatable bonds is 3. The second-order valence-electron chi connectivity index (χ2n) is 4.30. The van der Waals surface area contributed by atoms with Crippen molar-refractivity contribution in [1.82, 2.24) is 0 Å². The van der Waals surface area contributed by atoms with Crippen LogP contribution in [-0.4, -0.2) is 23.0 Å². The van der Waals surface area contributed by atoms with Crippen LogP contribution in [0.5, 0.6) is 17.2 Å². The van der Waals surface area contributed by atoms with E-state index in [0.717, 1.165) is 0 Å². The van der Waals surface area contributed by atoms with Crippen LogP contribution in [0.1, 0.15) is 5.56 Å². The van der Waals surface area contributed by atoms with Crippen molar-refractivity contribution in [2.75, 3.05) is 6.79 Å². The summed E-state index contributed by atoms with van der Waals surface area (Å²) in [6.07, 6.45) is 1.36. The summed E-state index contributed by atoms with van der Waals surface area (Å²) in [6.45, 7) is 0.175. The van der Waals surface area contributed by atoms with Crippen LogP contribution >= 0.6 is 0 Å². The predicted molar refractivity (Wildman–Crippen MR) is 74.6 cm³/mol. The first-order valence-electron chi connectivity index (χ1n) is 6.04. The molecular formula is C14H10N2O5. The van der Waals surface area contributed by atoms with Crippen LogP contribution in [0.15, 0.2) is 41.4 Å². The first-order chi connectivity index (χ1) is 10.1. The van der Waals surface area contributed by atoms with Gasteiger partial charge in [-0.3, -0.25) is 15.1 Å². The molecule has 1 heterocycles. The van der Waals surface area contributed by atoms with E-state index in [2.05, 4.69) is 4.99 Å². The number of phenolic OH excluding ortho intramolecular Hbond substituents is 1. The predicted octanol–water partition coefficient (Wildman–Crippen LogP) is 2.78. The molecule has 1 N–H and O–H groups in total. The highest BCUT2D eigenvalue weighted by atomic mass is 16.7. The molecule has 7 nitrogen and oxygen atoms in total. The molecule has 1 aliphatic rings. The lowest BCUT2D eigenvalue weighted by Gasteiger charge is -2.00. The lowest BCUT2D eigenvalue weighted by Crippen LogP contribution is -1.92. The summed E-state index contributed by atoms with van der Waals surface area (Å²) >= 11 is 0. The maximum atomic E-state index is 10.7. The SMILES string of the molecule is O=[N+]([O-])c1ccc(O)c(C=Nc2ccc3c(c2)OCO3)c1. The molecule has 3 rings (SSSR count). The van der Waals surface area contributed by atoms with E-state index in [0.29, 0.717) is 17.2 Å². The smallest absolute Gasteiger partial charge is 0.270 e. The number of ether oxygens (including phenoxy) is 2. The lowest BCUT2D eigenvalue weighted by molar-refractivity contribution is -0.384. The summed E-state index contributed by atoms with van der Waals surface area (Å²) in [6, 6.07) is 8.88. The molecule has 2 aromatic rings. The average Bonchev–Trinajstić information content (AvgIpc) is 2.93. The highest BCUT2D eigenvalue weighted by Crippen LogP contribution is 2.35. The minimum absolute atomic E-state index is 0.0786. The minimum Gasteiger partial charge on any atom is -0.507 e. The molecule has 0 radical (unpaired) electrons. The molecule has 0 saturated carbocycles. The molecule has 0 spiro atoms. The van der Waals surface area contributed by atoms with Crippen LogP contribution < -0.4 is 9.47 Å². The highest BCUT2D eigenvalue weighted by Gasteiger charge is 2.13. The molecule has 0 fully saturated rings. The topological polar surface area (TPSA) is 94.2 Å². The Kier molecular flexibility index (Phi) is 3.15. The lowest BCUT2D eigenvalue weighted by atomic mass is 10.2. The van der Waals surface area contributed by atoms with Crippen molar-refractivity contribution in [3.8, 4) is 17.2 Å². The van der Waals surface area contributed by atoms with Crippen LogP contribution in [0.2, 0.25) is 0 Å². The Morgan fingerprint density at radius 3 is 2.81 bits per heavy atom. The zero-order chi connectivity index (χ0) is 14.8. The van der Waals surface area contributed by atoms with Crippen LogP contribution in [0.4, 0.5) is 11.4 Å². The summed E-state index contributed by atoms with van der Waals surface area (Å²) in [5.74, 6) is 1.16. The van der Waals surface area contributed by atoms with Crippen molar-refractivity contribution >= 4 is 17.6 Å². The fraction of sp³-hybridized carbons (Fsp3) is 0.0714. The van der Waals surface area contributed by atoms with Gasteiger partial charge in [0.2, 0.25) is 6.79 Å². The summed E-state index contributed by atoms with van der Waals surface area (Å²) in [5, 5.41) is 20.4. The van der Waals surface area contributed by atoms with Crippen molar-refractivity contribution in [2.24, 2.45) is 4.99 Å². The molecule has 21 heavy (non-hydrogen) atoms. The van der Waals surface area contributed by atoms with Gasteiger partial charge in [-0.2, -0.15) is 0 Å². The third-order valence-corrected chi connectivity index (χ3v) is 2.93. The monoisotopic (exact) mass is 286 g/mol. The molecule has 0 unspecified atom stereocenters. The number of benzene rings is 2. The maximum Gasteiger partial charge on any atom is 0.270 e. The van der Waals surface area contributed by atoms with Gasteiger partial charge in [0.05, 0.1) is 10.6 Å². The Hall–Kier alpha value is -3.09. The minimum atomic E-state index is -0.530. The number of aliphatic imine (C=N–C) groups is 1. The zero-order valence-electron chi connectivity index (χ0n) is 10.7. The van der Waals surface area contributed by atoms with E-state index in [9.17, 15) is 15.2 Å². The Morgan fingerprint density at radius 1 is 1.19 bits per heavy atom. The van der Waals surface area contributed by atoms with Gasteiger partial charge in [0.1, 0.15) is 5.75 Å². The molecule has 7 heteroatoms. The Morgan fingerprint density at radius 2 is 2.00 bits per heavy atom. The van der Waals surface area contributed by atoms with Gasteiger partial charge < -0.3 is 14.6 Å². The maximum absolute atomic E-state index is 10.7. The van der Waals surface area contributed by atoms with Crippen molar-refractivity contribution in [1.29, 1.82) is 0 Å². The Bertz CT molecular complexity index is 742. The number of aromatic hydroxyl groups is 1. The Balaban J connectivity index is 1.89. The second kappa shape index (κ2) is 5.12. The van der Waals surface area contributed by atoms with Crippen LogP contribution in [-0.2, 0) is 0 Å². The van der Waals surface area contributed by atoms with Gasteiger partial charge in [-0.1, -0.05) is 0 Å². The van der Waals surface area contributed by atoms with Gasteiger partial charge in [-0.25, -0.2) is 0 Å². The van der Waals surface area contributed by atoms with Gasteiger partial charge in [0, 0.05) is 30.0 Å². The number of phenols is 1. The number of nitro benzene ring substituents is 1. The number of nitro groups is 1. The van der Waals surface area contributed by atoms with Crippen molar-refractivity contribution in [3.05, 3.63) is 52.1 Å². The first-order valence-corrected chi connectivity index (χ1v) is 6.04. The zero-order valence-corrected chi connectivity index (χ0v) is 10.7. The van der Waals surface area contributed by atoms with Crippen LogP contribution in [0.3, 0.4) is 0 Å². The Labute approximate surface area is 119 Å².